The lowest BCUT2D eigenvalue weighted by Crippen LogP contribution is -3.14. The van der Waals surface area contributed by atoms with Gasteiger partial charge in [-0.3, -0.25) is 9.59 Å². The fourth-order valence-electron chi connectivity index (χ4n) is 5.16. The molecule has 2 aliphatic heterocycles. The number of ether oxygens (including phenoxy) is 4. The third-order valence-corrected chi connectivity index (χ3v) is 7.12. The van der Waals surface area contributed by atoms with Crippen molar-refractivity contribution in [1.82, 2.24) is 4.90 Å². The first kappa shape index (κ1) is 27.5. The molecule has 0 saturated carbocycles. The number of likely N-dealkylation sites (tertiary alicyclic amines) is 1. The van der Waals surface area contributed by atoms with Gasteiger partial charge in [-0.1, -0.05) is 17.9 Å². The molecule has 2 heterocycles. The Morgan fingerprint density at radius 3 is 2.42 bits per heavy atom. The Hall–Kier alpha value is -3.56. The van der Waals surface area contributed by atoms with Crippen LogP contribution in [0.1, 0.15) is 36.1 Å². The van der Waals surface area contributed by atoms with Gasteiger partial charge in [-0.2, -0.15) is 0 Å². The summed E-state index contributed by atoms with van der Waals surface area (Å²) in [6, 6.07) is 9.47. The van der Waals surface area contributed by atoms with Crippen LogP contribution in [0.5, 0.6) is 17.2 Å². The van der Waals surface area contributed by atoms with Crippen LogP contribution in [-0.2, 0) is 14.3 Å². The molecule has 9 nitrogen and oxygen atoms in total. The molecular weight excluding hydrogens is 488 g/mol. The largest absolute Gasteiger partial charge is 0.872 e. The number of benzene rings is 2. The summed E-state index contributed by atoms with van der Waals surface area (Å²) in [6.45, 7) is 8.64. The number of ketones is 1. The van der Waals surface area contributed by atoms with Crippen LogP contribution in [0.4, 0.5) is 0 Å². The molecule has 2 aliphatic rings. The molecule has 4 rings (SSSR count). The quantitative estimate of drug-likeness (QED) is 0.280. The highest BCUT2D eigenvalue weighted by Crippen LogP contribution is 2.41. The minimum Gasteiger partial charge on any atom is -0.872 e. The summed E-state index contributed by atoms with van der Waals surface area (Å²) in [6.07, 6.45) is 0.697. The van der Waals surface area contributed by atoms with Crippen molar-refractivity contribution in [2.75, 3.05) is 60.2 Å². The molecule has 1 atom stereocenters. The average molecular weight is 525 g/mol. The highest BCUT2D eigenvalue weighted by molar-refractivity contribution is 6.46. The number of hydrogen-bond acceptors (Lipinski definition) is 7. The number of morpholine rings is 1. The lowest BCUT2D eigenvalue weighted by molar-refractivity contribution is -0.908. The molecule has 0 aromatic heterocycles. The van der Waals surface area contributed by atoms with Crippen LogP contribution in [0.3, 0.4) is 0 Å². The van der Waals surface area contributed by atoms with Gasteiger partial charge in [0.05, 0.1) is 46.6 Å². The number of nitrogens with one attached hydrogen (secondary N) is 1. The van der Waals surface area contributed by atoms with Gasteiger partial charge < -0.3 is 33.9 Å². The zero-order valence-corrected chi connectivity index (χ0v) is 22.5. The topological polar surface area (TPSA) is 102 Å². The van der Waals surface area contributed by atoms with Gasteiger partial charge in [-0.05, 0) is 54.8 Å². The maximum absolute atomic E-state index is 13.8. The predicted octanol–water partition coefficient (Wildman–Crippen LogP) is 0.940. The summed E-state index contributed by atoms with van der Waals surface area (Å²) >= 11 is 0. The molecule has 1 unspecified atom stereocenters. The lowest BCUT2D eigenvalue weighted by atomic mass is 9.94. The first-order valence-corrected chi connectivity index (χ1v) is 13.0. The second-order valence-corrected chi connectivity index (χ2v) is 9.47. The summed E-state index contributed by atoms with van der Waals surface area (Å²) in [7, 11) is 3.09. The molecule has 0 spiro atoms. The predicted molar refractivity (Wildman–Crippen MR) is 139 cm³/mol. The van der Waals surface area contributed by atoms with Gasteiger partial charge in [0.2, 0.25) is 5.78 Å². The number of hydrogen-bond donors (Lipinski definition) is 1. The zero-order chi connectivity index (χ0) is 27.2. The third-order valence-electron chi connectivity index (χ3n) is 7.12. The normalized spacial score (nSPS) is 19.6. The number of carbonyl (C=O) groups excluding carboxylic acids is 2. The second-order valence-electron chi connectivity index (χ2n) is 9.47. The van der Waals surface area contributed by atoms with Crippen molar-refractivity contribution in [3.8, 4) is 17.2 Å². The van der Waals surface area contributed by atoms with Crippen molar-refractivity contribution in [2.45, 2.75) is 26.3 Å². The number of quaternary nitrogens is 1. The van der Waals surface area contributed by atoms with Gasteiger partial charge in [-0.15, -0.1) is 0 Å². The molecule has 2 saturated heterocycles. The van der Waals surface area contributed by atoms with E-state index in [1.807, 2.05) is 13.8 Å². The van der Waals surface area contributed by atoms with Gasteiger partial charge >= 0.3 is 0 Å². The Morgan fingerprint density at radius 1 is 1.05 bits per heavy atom. The summed E-state index contributed by atoms with van der Waals surface area (Å²) < 4.78 is 21.9. The first-order chi connectivity index (χ1) is 18.4. The van der Waals surface area contributed by atoms with E-state index in [9.17, 15) is 14.7 Å². The van der Waals surface area contributed by atoms with E-state index in [2.05, 4.69) is 0 Å². The van der Waals surface area contributed by atoms with Gasteiger partial charge in [0, 0.05) is 18.5 Å². The Bertz CT molecular complexity index is 1200. The van der Waals surface area contributed by atoms with E-state index in [-0.39, 0.29) is 5.57 Å². The molecule has 0 radical (unpaired) electrons. The van der Waals surface area contributed by atoms with E-state index in [0.717, 1.165) is 38.4 Å². The molecule has 2 fully saturated rings. The van der Waals surface area contributed by atoms with Crippen LogP contribution < -0.4 is 24.2 Å². The fourth-order valence-corrected chi connectivity index (χ4v) is 5.16. The maximum Gasteiger partial charge on any atom is 0.295 e. The summed E-state index contributed by atoms with van der Waals surface area (Å²) in [4.78, 5) is 29.6. The molecule has 38 heavy (non-hydrogen) atoms. The van der Waals surface area contributed by atoms with Crippen molar-refractivity contribution in [2.24, 2.45) is 0 Å². The Balaban J connectivity index is 1.74. The molecule has 9 heteroatoms. The number of nitrogens with zero attached hydrogens (tertiary/aromatic N) is 1. The van der Waals surface area contributed by atoms with E-state index in [4.69, 9.17) is 18.9 Å². The van der Waals surface area contributed by atoms with Gasteiger partial charge in [0.25, 0.3) is 5.91 Å². The summed E-state index contributed by atoms with van der Waals surface area (Å²) in [5, 5.41) is 13.8. The molecule has 0 aliphatic carbocycles. The van der Waals surface area contributed by atoms with Crippen LogP contribution >= 0.6 is 0 Å². The molecule has 204 valence electrons. The second kappa shape index (κ2) is 12.3. The number of rotatable bonds is 10. The number of methoxy groups -OCH3 is 2. The lowest BCUT2D eigenvalue weighted by Gasteiger charge is -2.29. The van der Waals surface area contributed by atoms with Crippen LogP contribution in [0.25, 0.3) is 5.76 Å². The standard InChI is InChI=1S/C29H36N2O7/c1-5-38-23-10-7-20(18-24(23)36-4)26-25(27(32)21-8-9-22(35-3)19(2)17-21)28(33)29(34)31(26)12-6-11-30-13-15-37-16-14-30/h7-10,17-18,26,32H,5-6,11-16H2,1-4H3/b27-25+. The molecule has 0 bridgehead atoms. The van der Waals surface area contributed by atoms with E-state index in [1.54, 1.807) is 43.5 Å². The van der Waals surface area contributed by atoms with Crippen LogP contribution in [0, 0.1) is 6.92 Å². The van der Waals surface area contributed by atoms with Crippen LogP contribution in [0.15, 0.2) is 42.0 Å². The van der Waals surface area contributed by atoms with Gasteiger partial charge in [0.1, 0.15) is 18.8 Å². The highest BCUT2D eigenvalue weighted by atomic mass is 16.5. The molecule has 1 N–H and O–H groups in total. The molecule has 2 aromatic rings. The van der Waals surface area contributed by atoms with Crippen molar-refractivity contribution < 1.29 is 38.5 Å². The molecular formula is C29H36N2O7. The third kappa shape index (κ3) is 5.63. The average Bonchev–Trinajstić information content (AvgIpc) is 3.18. The number of amides is 1. The minimum absolute atomic E-state index is 0.0514. The SMILES string of the molecule is CCOc1ccc(C2/C(=C(\[O-])c3ccc(OC)c(C)c3)C(=O)C(=O)N2CCC[NH+]2CCOCC2)cc1OC. The van der Waals surface area contributed by atoms with Crippen LogP contribution in [0.2, 0.25) is 0 Å². The number of Topliss-reactive ketones (excluding diaryl/α,β-unsaturated/α-hetero) is 1. The summed E-state index contributed by atoms with van der Waals surface area (Å²) in [5.74, 6) is -0.224. The van der Waals surface area contributed by atoms with Gasteiger partial charge in [0.15, 0.2) is 11.5 Å². The number of aryl methyl sites for hydroxylation is 1. The maximum atomic E-state index is 13.8. The monoisotopic (exact) mass is 524 g/mol. The Morgan fingerprint density at radius 2 is 1.76 bits per heavy atom. The van der Waals surface area contributed by atoms with Crippen molar-refractivity contribution in [3.63, 3.8) is 0 Å². The van der Waals surface area contributed by atoms with Crippen molar-refractivity contribution in [1.29, 1.82) is 0 Å². The molecule has 2 aromatic carbocycles. The first-order valence-electron chi connectivity index (χ1n) is 13.0. The fraction of sp³-hybridized carbons (Fsp3) is 0.448. The van der Waals surface area contributed by atoms with Crippen molar-refractivity contribution in [3.05, 3.63) is 58.7 Å². The summed E-state index contributed by atoms with van der Waals surface area (Å²) in [5.41, 5.74) is 1.67. The molecule has 1 amide bonds. The van der Waals surface area contributed by atoms with E-state index in [0.29, 0.717) is 47.9 Å². The zero-order valence-electron chi connectivity index (χ0n) is 22.5. The smallest absolute Gasteiger partial charge is 0.295 e. The van der Waals surface area contributed by atoms with Gasteiger partial charge in [-0.25, -0.2) is 0 Å². The highest BCUT2D eigenvalue weighted by Gasteiger charge is 2.44. The Labute approximate surface area is 223 Å². The Kier molecular flexibility index (Phi) is 8.91. The van der Waals surface area contributed by atoms with E-state index in [1.165, 1.54) is 16.9 Å². The number of carbonyl (C=O) groups is 2. The van der Waals surface area contributed by atoms with E-state index < -0.39 is 23.5 Å². The minimum atomic E-state index is -0.825. The van der Waals surface area contributed by atoms with Crippen molar-refractivity contribution >= 4 is 17.4 Å². The van der Waals surface area contributed by atoms with E-state index >= 15 is 0 Å². The van der Waals surface area contributed by atoms with Crippen LogP contribution in [-0.4, -0.2) is 76.8 Å².